The predicted molar refractivity (Wildman–Crippen MR) is 88.7 cm³/mol. The zero-order valence-corrected chi connectivity index (χ0v) is 12.5. The van der Waals surface area contributed by atoms with Gasteiger partial charge in [0.2, 0.25) is 0 Å². The van der Waals surface area contributed by atoms with E-state index in [0.717, 1.165) is 5.56 Å². The summed E-state index contributed by atoms with van der Waals surface area (Å²) in [4.78, 5) is 20.1. The van der Waals surface area contributed by atoms with E-state index in [-0.39, 0.29) is 18.2 Å². The SMILES string of the molecule is CCOC(=O)Nc1cc2c(c(N)n1)N=C(c1ccccc1)NN2. The van der Waals surface area contributed by atoms with E-state index in [2.05, 4.69) is 26.1 Å². The van der Waals surface area contributed by atoms with Crippen molar-refractivity contribution in [2.45, 2.75) is 6.92 Å². The molecule has 0 unspecified atom stereocenters. The van der Waals surface area contributed by atoms with Gasteiger partial charge in [-0.15, -0.1) is 0 Å². The molecule has 8 heteroatoms. The van der Waals surface area contributed by atoms with Crippen molar-refractivity contribution in [2.75, 3.05) is 23.1 Å². The van der Waals surface area contributed by atoms with Gasteiger partial charge in [-0.2, -0.15) is 0 Å². The standard InChI is InChI=1S/C15H16N6O2/c1-2-23-15(22)18-11-8-10-12(13(16)17-11)19-14(21-20-10)9-6-4-3-5-7-9/h3-8,20H,2H2,1H3,(H,19,21)(H3,16,17,18,22). The maximum absolute atomic E-state index is 11.5. The van der Waals surface area contributed by atoms with Crippen LogP contribution in [0, 0.1) is 0 Å². The Balaban J connectivity index is 1.90. The number of hydrazine groups is 1. The Morgan fingerprint density at radius 2 is 2.09 bits per heavy atom. The third-order valence-electron chi connectivity index (χ3n) is 3.11. The molecule has 5 N–H and O–H groups in total. The highest BCUT2D eigenvalue weighted by atomic mass is 16.5. The fourth-order valence-electron chi connectivity index (χ4n) is 2.11. The highest BCUT2D eigenvalue weighted by molar-refractivity contribution is 6.05. The van der Waals surface area contributed by atoms with Gasteiger partial charge < -0.3 is 10.5 Å². The summed E-state index contributed by atoms with van der Waals surface area (Å²) < 4.78 is 4.81. The Bertz CT molecular complexity index is 760. The van der Waals surface area contributed by atoms with E-state index in [1.807, 2.05) is 30.3 Å². The molecule has 0 atom stereocenters. The highest BCUT2D eigenvalue weighted by Gasteiger charge is 2.17. The summed E-state index contributed by atoms with van der Waals surface area (Å²) in [5.74, 6) is 1.13. The Hall–Kier alpha value is -3.29. The molecule has 0 bridgehead atoms. The van der Waals surface area contributed by atoms with Gasteiger partial charge in [0.1, 0.15) is 11.5 Å². The van der Waals surface area contributed by atoms with Crippen LogP contribution in [0.1, 0.15) is 12.5 Å². The number of aromatic nitrogens is 1. The number of benzene rings is 1. The number of nitrogens with one attached hydrogen (secondary N) is 3. The number of hydrogen-bond donors (Lipinski definition) is 4. The van der Waals surface area contributed by atoms with Gasteiger partial charge in [0.15, 0.2) is 11.7 Å². The maximum Gasteiger partial charge on any atom is 0.412 e. The number of nitrogens with two attached hydrogens (primary N) is 1. The molecule has 0 saturated heterocycles. The van der Waals surface area contributed by atoms with Gasteiger partial charge in [0.25, 0.3) is 0 Å². The minimum Gasteiger partial charge on any atom is -0.450 e. The Labute approximate surface area is 132 Å². The van der Waals surface area contributed by atoms with E-state index in [9.17, 15) is 4.79 Å². The molecule has 2 heterocycles. The van der Waals surface area contributed by atoms with Crippen LogP contribution in [-0.2, 0) is 4.74 Å². The first-order chi connectivity index (χ1) is 11.2. The average molecular weight is 312 g/mol. The zero-order chi connectivity index (χ0) is 16.2. The van der Waals surface area contributed by atoms with Crippen molar-refractivity contribution in [1.82, 2.24) is 10.4 Å². The highest BCUT2D eigenvalue weighted by Crippen LogP contribution is 2.34. The van der Waals surface area contributed by atoms with Crippen molar-refractivity contribution in [3.63, 3.8) is 0 Å². The van der Waals surface area contributed by atoms with Crippen LogP contribution in [0.4, 0.5) is 27.8 Å². The van der Waals surface area contributed by atoms with Gasteiger partial charge in [-0.3, -0.25) is 16.2 Å². The molecular formula is C15H16N6O2. The number of rotatable bonds is 3. The molecule has 0 saturated carbocycles. The topological polar surface area (TPSA) is 114 Å². The molecule has 118 valence electrons. The number of nitrogen functional groups attached to an aromatic ring is 1. The number of amides is 1. The van der Waals surface area contributed by atoms with E-state index in [0.29, 0.717) is 17.2 Å². The van der Waals surface area contributed by atoms with E-state index in [1.54, 1.807) is 13.0 Å². The number of carbonyl (C=O) groups excluding carboxylic acids is 1. The monoisotopic (exact) mass is 312 g/mol. The van der Waals surface area contributed by atoms with Crippen LogP contribution in [0.5, 0.6) is 0 Å². The Morgan fingerprint density at radius 3 is 2.83 bits per heavy atom. The second-order valence-corrected chi connectivity index (χ2v) is 4.71. The molecule has 0 fully saturated rings. The van der Waals surface area contributed by atoms with E-state index >= 15 is 0 Å². The first-order valence-corrected chi connectivity index (χ1v) is 7.08. The minimum atomic E-state index is -0.586. The summed E-state index contributed by atoms with van der Waals surface area (Å²) in [5.41, 5.74) is 14.0. The molecule has 0 aliphatic carbocycles. The second kappa shape index (κ2) is 6.22. The maximum atomic E-state index is 11.5. The summed E-state index contributed by atoms with van der Waals surface area (Å²) in [6.07, 6.45) is -0.586. The van der Waals surface area contributed by atoms with Crippen molar-refractivity contribution in [3.05, 3.63) is 42.0 Å². The van der Waals surface area contributed by atoms with Gasteiger partial charge in [0.05, 0.1) is 12.3 Å². The summed E-state index contributed by atoms with van der Waals surface area (Å²) in [6, 6.07) is 11.3. The predicted octanol–water partition coefficient (Wildman–Crippen LogP) is 2.24. The van der Waals surface area contributed by atoms with Gasteiger partial charge >= 0.3 is 6.09 Å². The summed E-state index contributed by atoms with van der Waals surface area (Å²) >= 11 is 0. The lowest BCUT2D eigenvalue weighted by Crippen LogP contribution is -2.33. The number of ether oxygens (including phenoxy) is 1. The molecule has 2 aromatic rings. The number of hydrogen-bond acceptors (Lipinski definition) is 7. The van der Waals surface area contributed by atoms with Crippen LogP contribution in [-0.4, -0.2) is 23.5 Å². The van der Waals surface area contributed by atoms with Crippen molar-refractivity contribution < 1.29 is 9.53 Å². The van der Waals surface area contributed by atoms with Crippen LogP contribution in [0.25, 0.3) is 0 Å². The number of amidine groups is 1. The normalized spacial score (nSPS) is 12.3. The first kappa shape index (κ1) is 14.6. The third-order valence-corrected chi connectivity index (χ3v) is 3.11. The number of carbonyl (C=O) groups is 1. The zero-order valence-electron chi connectivity index (χ0n) is 12.5. The second-order valence-electron chi connectivity index (χ2n) is 4.71. The largest absolute Gasteiger partial charge is 0.450 e. The van der Waals surface area contributed by atoms with Crippen molar-refractivity contribution in [2.24, 2.45) is 4.99 Å². The van der Waals surface area contributed by atoms with Crippen LogP contribution in [0.3, 0.4) is 0 Å². The summed E-state index contributed by atoms with van der Waals surface area (Å²) in [6.45, 7) is 2.00. The van der Waals surface area contributed by atoms with E-state index in [1.165, 1.54) is 0 Å². The van der Waals surface area contributed by atoms with Gasteiger partial charge in [0, 0.05) is 11.6 Å². The van der Waals surface area contributed by atoms with Crippen LogP contribution < -0.4 is 21.9 Å². The van der Waals surface area contributed by atoms with Crippen LogP contribution in [0.15, 0.2) is 41.4 Å². The fraction of sp³-hybridized carbons (Fsp3) is 0.133. The smallest absolute Gasteiger partial charge is 0.412 e. The fourth-order valence-corrected chi connectivity index (χ4v) is 2.11. The molecule has 1 aliphatic rings. The van der Waals surface area contributed by atoms with Crippen molar-refractivity contribution in [3.8, 4) is 0 Å². The number of pyridine rings is 1. The lowest BCUT2D eigenvalue weighted by molar-refractivity contribution is 0.168. The molecule has 8 nitrogen and oxygen atoms in total. The summed E-state index contributed by atoms with van der Waals surface area (Å²) in [5, 5.41) is 2.51. The lowest BCUT2D eigenvalue weighted by Gasteiger charge is -2.21. The number of fused-ring (bicyclic) bond motifs is 1. The number of aliphatic imine (C=N–C) groups is 1. The van der Waals surface area contributed by atoms with Gasteiger partial charge in [-0.05, 0) is 6.92 Å². The molecule has 3 rings (SSSR count). The third kappa shape index (κ3) is 3.15. The summed E-state index contributed by atoms with van der Waals surface area (Å²) in [7, 11) is 0. The average Bonchev–Trinajstić information content (AvgIpc) is 2.55. The quantitative estimate of drug-likeness (QED) is 0.691. The number of nitrogens with zero attached hydrogens (tertiary/aromatic N) is 2. The molecular weight excluding hydrogens is 296 g/mol. The Morgan fingerprint density at radius 1 is 1.30 bits per heavy atom. The Kier molecular flexibility index (Phi) is 3.96. The van der Waals surface area contributed by atoms with E-state index in [4.69, 9.17) is 10.5 Å². The lowest BCUT2D eigenvalue weighted by atomic mass is 10.2. The van der Waals surface area contributed by atoms with Gasteiger partial charge in [-0.1, -0.05) is 30.3 Å². The first-order valence-electron chi connectivity index (χ1n) is 7.08. The molecule has 0 radical (unpaired) electrons. The molecule has 1 aromatic carbocycles. The molecule has 1 aliphatic heterocycles. The van der Waals surface area contributed by atoms with Crippen LogP contribution >= 0.6 is 0 Å². The van der Waals surface area contributed by atoms with Crippen molar-refractivity contribution >= 4 is 34.9 Å². The van der Waals surface area contributed by atoms with E-state index < -0.39 is 6.09 Å². The van der Waals surface area contributed by atoms with Crippen molar-refractivity contribution in [1.29, 1.82) is 0 Å². The van der Waals surface area contributed by atoms with Crippen LogP contribution in [0.2, 0.25) is 0 Å². The molecule has 23 heavy (non-hydrogen) atoms. The molecule has 0 spiro atoms. The minimum absolute atomic E-state index is 0.205. The molecule has 1 aromatic heterocycles. The number of anilines is 3. The van der Waals surface area contributed by atoms with Gasteiger partial charge in [-0.25, -0.2) is 14.8 Å². The molecule has 1 amide bonds.